The number of amides is 1. The highest BCUT2D eigenvalue weighted by Gasteiger charge is 2.31. The van der Waals surface area contributed by atoms with Crippen LogP contribution in [0, 0.1) is 6.92 Å². The third kappa shape index (κ3) is 6.33. The van der Waals surface area contributed by atoms with Gasteiger partial charge in [0.25, 0.3) is 5.91 Å². The Hall–Kier alpha value is -2.33. The van der Waals surface area contributed by atoms with E-state index in [1.807, 2.05) is 11.6 Å². The van der Waals surface area contributed by atoms with Crippen molar-refractivity contribution in [2.45, 2.75) is 38.6 Å². The number of hydrogen-bond acceptors (Lipinski definition) is 5. The van der Waals surface area contributed by atoms with E-state index in [1.165, 1.54) is 24.3 Å². The normalized spacial score (nSPS) is 14.9. The number of carbonyl (C=O) groups excluding carboxylic acids is 1. The van der Waals surface area contributed by atoms with E-state index in [0.29, 0.717) is 18.7 Å². The Balaban J connectivity index is 0.00000300. The Morgan fingerprint density at radius 1 is 1.28 bits per heavy atom. The smallest absolute Gasteiger partial charge is 0.406 e. The van der Waals surface area contributed by atoms with Gasteiger partial charge in [-0.2, -0.15) is 0 Å². The zero-order valence-electron chi connectivity index (χ0n) is 15.8. The topological polar surface area (TPSA) is 81.1 Å². The number of alkyl halides is 3. The van der Waals surface area contributed by atoms with Crippen molar-refractivity contribution in [3.05, 3.63) is 41.2 Å². The number of piperidine rings is 1. The van der Waals surface area contributed by atoms with Crippen LogP contribution in [0.1, 0.15) is 40.6 Å². The Bertz CT molecular complexity index is 805. The molecule has 0 aliphatic carbocycles. The summed E-state index contributed by atoms with van der Waals surface area (Å²) in [4.78, 5) is 12.4. The van der Waals surface area contributed by atoms with Crippen LogP contribution < -0.4 is 15.4 Å². The van der Waals surface area contributed by atoms with Crippen molar-refractivity contribution in [1.82, 2.24) is 25.6 Å². The quantitative estimate of drug-likeness (QED) is 0.732. The van der Waals surface area contributed by atoms with Gasteiger partial charge < -0.3 is 15.4 Å². The SMILES string of the molecule is Cc1c(C(=O)NCCc2ccc(OC(F)(F)F)cc2)nnn1C1CCNCC1.Cl. The second kappa shape index (κ2) is 9.93. The molecule has 0 atom stereocenters. The van der Waals surface area contributed by atoms with Gasteiger partial charge in [0.05, 0.1) is 11.7 Å². The molecule has 1 amide bonds. The summed E-state index contributed by atoms with van der Waals surface area (Å²) >= 11 is 0. The number of ether oxygens (including phenoxy) is 1. The Morgan fingerprint density at radius 2 is 1.93 bits per heavy atom. The largest absolute Gasteiger partial charge is 0.573 e. The molecule has 0 spiro atoms. The average Bonchev–Trinajstić information content (AvgIpc) is 3.04. The van der Waals surface area contributed by atoms with Gasteiger partial charge in [0, 0.05) is 6.54 Å². The molecule has 2 heterocycles. The van der Waals surface area contributed by atoms with Crippen molar-refractivity contribution in [1.29, 1.82) is 0 Å². The Morgan fingerprint density at radius 3 is 2.55 bits per heavy atom. The molecule has 3 rings (SSSR count). The number of carbonyl (C=O) groups is 1. The lowest BCUT2D eigenvalue weighted by molar-refractivity contribution is -0.274. The minimum absolute atomic E-state index is 0. The van der Waals surface area contributed by atoms with E-state index in [1.54, 1.807) is 0 Å². The third-order valence-corrected chi connectivity index (χ3v) is 4.65. The molecule has 0 bridgehead atoms. The van der Waals surface area contributed by atoms with Gasteiger partial charge in [-0.3, -0.25) is 4.79 Å². The second-order valence-electron chi connectivity index (χ2n) is 6.65. The molecule has 2 N–H and O–H groups in total. The lowest BCUT2D eigenvalue weighted by atomic mass is 10.1. The molecule has 0 saturated carbocycles. The summed E-state index contributed by atoms with van der Waals surface area (Å²) in [7, 11) is 0. The molecule has 7 nitrogen and oxygen atoms in total. The van der Waals surface area contributed by atoms with Crippen LogP contribution in [0.5, 0.6) is 5.75 Å². The first-order valence-corrected chi connectivity index (χ1v) is 9.09. The number of rotatable bonds is 6. The van der Waals surface area contributed by atoms with Crippen molar-refractivity contribution in [3.63, 3.8) is 0 Å². The lowest BCUT2D eigenvalue weighted by Crippen LogP contribution is -2.30. The van der Waals surface area contributed by atoms with E-state index >= 15 is 0 Å². The number of aromatic nitrogens is 3. The van der Waals surface area contributed by atoms with Gasteiger partial charge in [0.2, 0.25) is 0 Å². The summed E-state index contributed by atoms with van der Waals surface area (Å²) in [5.74, 6) is -0.583. The maximum atomic E-state index is 12.4. The van der Waals surface area contributed by atoms with E-state index in [9.17, 15) is 18.0 Å². The maximum Gasteiger partial charge on any atom is 0.573 e. The summed E-state index contributed by atoms with van der Waals surface area (Å²) in [5.41, 5.74) is 1.82. The van der Waals surface area contributed by atoms with Crippen LogP contribution in [0.15, 0.2) is 24.3 Å². The predicted molar refractivity (Wildman–Crippen MR) is 102 cm³/mol. The van der Waals surface area contributed by atoms with Gasteiger partial charge in [0.15, 0.2) is 5.69 Å². The second-order valence-corrected chi connectivity index (χ2v) is 6.65. The molecule has 160 valence electrons. The fourth-order valence-corrected chi connectivity index (χ4v) is 3.21. The Kier molecular flexibility index (Phi) is 7.86. The highest BCUT2D eigenvalue weighted by atomic mass is 35.5. The molecule has 1 aromatic heterocycles. The summed E-state index contributed by atoms with van der Waals surface area (Å²) in [6.07, 6.45) is -2.35. The summed E-state index contributed by atoms with van der Waals surface area (Å²) in [6, 6.07) is 5.81. The molecule has 2 aromatic rings. The predicted octanol–water partition coefficient (Wildman–Crippen LogP) is 2.80. The van der Waals surface area contributed by atoms with Gasteiger partial charge in [0.1, 0.15) is 5.75 Å². The standard InChI is InChI=1S/C18H22F3N5O2.ClH/c1-12-16(24-25-26(12)14-7-9-22-10-8-14)17(27)23-11-6-13-2-4-15(5-3-13)28-18(19,20)21;/h2-5,14,22H,6-11H2,1H3,(H,23,27);1H. The van der Waals surface area contributed by atoms with Crippen LogP contribution >= 0.6 is 12.4 Å². The van der Waals surface area contributed by atoms with Gasteiger partial charge in [-0.15, -0.1) is 30.7 Å². The van der Waals surface area contributed by atoms with Crippen LogP contribution in [0.25, 0.3) is 0 Å². The van der Waals surface area contributed by atoms with Gasteiger partial charge in [-0.25, -0.2) is 4.68 Å². The molecule has 1 saturated heterocycles. The van der Waals surface area contributed by atoms with Crippen molar-refractivity contribution in [2.24, 2.45) is 0 Å². The van der Waals surface area contributed by atoms with Crippen LogP contribution in [0.4, 0.5) is 13.2 Å². The Labute approximate surface area is 172 Å². The number of nitrogens with one attached hydrogen (secondary N) is 2. The average molecular weight is 434 g/mol. The maximum absolute atomic E-state index is 12.4. The fraction of sp³-hybridized carbons (Fsp3) is 0.500. The van der Waals surface area contributed by atoms with E-state index in [-0.39, 0.29) is 30.1 Å². The third-order valence-electron chi connectivity index (χ3n) is 4.65. The molecule has 1 aromatic carbocycles. The highest BCUT2D eigenvalue weighted by Crippen LogP contribution is 2.23. The van der Waals surface area contributed by atoms with E-state index in [0.717, 1.165) is 37.2 Å². The molecule has 0 unspecified atom stereocenters. The molecule has 1 aliphatic rings. The molecule has 1 fully saturated rings. The van der Waals surface area contributed by atoms with E-state index < -0.39 is 6.36 Å². The van der Waals surface area contributed by atoms with Crippen molar-refractivity contribution in [2.75, 3.05) is 19.6 Å². The number of benzene rings is 1. The molecular weight excluding hydrogens is 411 g/mol. The first-order chi connectivity index (χ1) is 13.3. The number of hydrogen-bond donors (Lipinski definition) is 2. The lowest BCUT2D eigenvalue weighted by Gasteiger charge is -2.23. The zero-order chi connectivity index (χ0) is 20.1. The van der Waals surface area contributed by atoms with Crippen molar-refractivity contribution >= 4 is 18.3 Å². The minimum atomic E-state index is -4.71. The molecule has 29 heavy (non-hydrogen) atoms. The zero-order valence-corrected chi connectivity index (χ0v) is 16.6. The monoisotopic (exact) mass is 433 g/mol. The van der Waals surface area contributed by atoms with Crippen LogP contribution in [0.2, 0.25) is 0 Å². The first-order valence-electron chi connectivity index (χ1n) is 9.09. The van der Waals surface area contributed by atoms with Gasteiger partial charge >= 0.3 is 6.36 Å². The van der Waals surface area contributed by atoms with Crippen LogP contribution in [0.3, 0.4) is 0 Å². The number of halogens is 4. The molecule has 0 radical (unpaired) electrons. The van der Waals surface area contributed by atoms with Crippen LogP contribution in [-0.2, 0) is 6.42 Å². The molecule has 11 heteroatoms. The van der Waals surface area contributed by atoms with Crippen molar-refractivity contribution < 1.29 is 22.7 Å². The molecular formula is C18H23ClF3N5O2. The van der Waals surface area contributed by atoms with E-state index in [4.69, 9.17) is 0 Å². The van der Waals surface area contributed by atoms with Crippen molar-refractivity contribution in [3.8, 4) is 5.75 Å². The van der Waals surface area contributed by atoms with Crippen LogP contribution in [-0.4, -0.2) is 46.9 Å². The minimum Gasteiger partial charge on any atom is -0.406 e. The summed E-state index contributed by atoms with van der Waals surface area (Å²) < 4.78 is 42.1. The summed E-state index contributed by atoms with van der Waals surface area (Å²) in [6.45, 7) is 3.99. The van der Waals surface area contributed by atoms with Gasteiger partial charge in [-0.05, 0) is 57.0 Å². The highest BCUT2D eigenvalue weighted by molar-refractivity contribution is 5.93. The summed E-state index contributed by atoms with van der Waals surface area (Å²) in [5, 5.41) is 14.2. The first kappa shape index (κ1) is 23.0. The molecule has 1 aliphatic heterocycles. The fourth-order valence-electron chi connectivity index (χ4n) is 3.21. The number of nitrogens with zero attached hydrogens (tertiary/aromatic N) is 3. The van der Waals surface area contributed by atoms with Gasteiger partial charge in [-0.1, -0.05) is 17.3 Å². The van der Waals surface area contributed by atoms with E-state index in [2.05, 4.69) is 25.7 Å².